The molecule has 1 atom stereocenters. The van der Waals surface area contributed by atoms with Crippen molar-refractivity contribution in [3.05, 3.63) is 83.1 Å². The van der Waals surface area contributed by atoms with Crippen molar-refractivity contribution in [2.45, 2.75) is 12.6 Å². The van der Waals surface area contributed by atoms with Gasteiger partial charge in [-0.15, -0.1) is 0 Å². The van der Waals surface area contributed by atoms with Gasteiger partial charge in [0.25, 0.3) is 0 Å². The van der Waals surface area contributed by atoms with Crippen molar-refractivity contribution in [2.75, 3.05) is 27.3 Å². The molecule has 0 aliphatic rings. The molecule has 0 heterocycles. The lowest BCUT2D eigenvalue weighted by Crippen LogP contribution is -2.32. The molecule has 0 saturated carbocycles. The summed E-state index contributed by atoms with van der Waals surface area (Å²) in [6.45, 7) is 1.27. The van der Waals surface area contributed by atoms with Gasteiger partial charge < -0.3 is 14.6 Å². The molecular formula is C24H25ClFNO3. The summed E-state index contributed by atoms with van der Waals surface area (Å²) in [4.78, 5) is 2.02. The van der Waals surface area contributed by atoms with Crippen molar-refractivity contribution in [3.63, 3.8) is 0 Å². The monoisotopic (exact) mass is 429 g/mol. The Hall–Kier alpha value is -2.60. The van der Waals surface area contributed by atoms with Crippen molar-refractivity contribution in [3.8, 4) is 22.6 Å². The van der Waals surface area contributed by atoms with Crippen LogP contribution in [-0.4, -0.2) is 43.4 Å². The van der Waals surface area contributed by atoms with E-state index >= 15 is 0 Å². The Morgan fingerprint density at radius 1 is 1.00 bits per heavy atom. The van der Waals surface area contributed by atoms with Gasteiger partial charge in [0.1, 0.15) is 30.0 Å². The number of aliphatic hydroxyl groups is 1. The maximum atomic E-state index is 12.9. The molecule has 0 aromatic heterocycles. The van der Waals surface area contributed by atoms with Gasteiger partial charge in [0.15, 0.2) is 0 Å². The summed E-state index contributed by atoms with van der Waals surface area (Å²) in [6.07, 6.45) is -0.657. The highest BCUT2D eigenvalue weighted by Gasteiger charge is 2.11. The highest BCUT2D eigenvalue weighted by Crippen LogP contribution is 2.31. The molecule has 0 spiro atoms. The molecule has 0 radical (unpaired) electrons. The molecule has 0 bridgehead atoms. The molecule has 30 heavy (non-hydrogen) atoms. The van der Waals surface area contributed by atoms with Gasteiger partial charge in [0.2, 0.25) is 0 Å². The number of nitrogens with zero attached hydrogens (tertiary/aromatic N) is 1. The van der Waals surface area contributed by atoms with Crippen LogP contribution in [-0.2, 0) is 6.54 Å². The fraction of sp³-hybridized carbons (Fsp3) is 0.250. The van der Waals surface area contributed by atoms with Crippen LogP contribution in [0.4, 0.5) is 4.39 Å². The molecule has 0 fully saturated rings. The number of methoxy groups -OCH3 is 1. The van der Waals surface area contributed by atoms with Crippen LogP contribution in [0.2, 0.25) is 5.02 Å². The summed E-state index contributed by atoms with van der Waals surface area (Å²) in [6, 6.07) is 19.5. The second-order valence-electron chi connectivity index (χ2n) is 7.16. The molecule has 0 aliphatic heterocycles. The third-order valence-corrected chi connectivity index (χ3v) is 5.00. The molecule has 158 valence electrons. The lowest BCUT2D eigenvalue weighted by atomic mass is 10.0. The summed E-state index contributed by atoms with van der Waals surface area (Å²) in [5, 5.41) is 10.9. The highest BCUT2D eigenvalue weighted by molar-refractivity contribution is 6.33. The van der Waals surface area contributed by atoms with Crippen LogP contribution in [0.25, 0.3) is 11.1 Å². The molecule has 3 aromatic carbocycles. The van der Waals surface area contributed by atoms with Crippen LogP contribution in [0.15, 0.2) is 66.7 Å². The van der Waals surface area contributed by atoms with Crippen molar-refractivity contribution >= 4 is 11.6 Å². The average Bonchev–Trinajstić information content (AvgIpc) is 2.74. The molecule has 4 nitrogen and oxygen atoms in total. The summed E-state index contributed by atoms with van der Waals surface area (Å²) in [7, 11) is 3.57. The van der Waals surface area contributed by atoms with Crippen LogP contribution in [0.3, 0.4) is 0 Å². The largest absolute Gasteiger partial charge is 0.497 e. The first-order valence-electron chi connectivity index (χ1n) is 9.62. The summed E-state index contributed by atoms with van der Waals surface area (Å²) >= 11 is 6.33. The molecule has 1 unspecified atom stereocenters. The molecule has 0 amide bonds. The quantitative estimate of drug-likeness (QED) is 0.518. The van der Waals surface area contributed by atoms with Gasteiger partial charge in [0, 0.05) is 23.7 Å². The first kappa shape index (κ1) is 22.1. The van der Waals surface area contributed by atoms with Crippen molar-refractivity contribution in [2.24, 2.45) is 0 Å². The molecule has 0 aliphatic carbocycles. The second kappa shape index (κ2) is 10.4. The molecule has 3 rings (SSSR count). The maximum Gasteiger partial charge on any atom is 0.123 e. The Labute approximate surface area is 181 Å². The molecule has 6 heteroatoms. The molecular weight excluding hydrogens is 405 g/mol. The van der Waals surface area contributed by atoms with Gasteiger partial charge in [-0.2, -0.15) is 0 Å². The normalized spacial score (nSPS) is 12.1. The van der Waals surface area contributed by atoms with Gasteiger partial charge in [-0.1, -0.05) is 35.9 Å². The van der Waals surface area contributed by atoms with Crippen LogP contribution in [0, 0.1) is 5.82 Å². The predicted molar refractivity (Wildman–Crippen MR) is 118 cm³/mol. The van der Waals surface area contributed by atoms with Gasteiger partial charge in [-0.3, -0.25) is 4.90 Å². The number of rotatable bonds is 9. The first-order valence-corrected chi connectivity index (χ1v) is 10.00. The standard InChI is InChI=1S/C24H25ClFNO3/c1-27(15-20(28)16-30-21-9-7-19(26)8-10-21)14-17-3-5-18(6-4-17)23-13-22(29-2)11-12-24(23)25/h3-13,20,28H,14-16H2,1-2H3. The van der Waals surface area contributed by atoms with Crippen molar-refractivity contribution in [1.82, 2.24) is 4.90 Å². The lowest BCUT2D eigenvalue weighted by Gasteiger charge is -2.21. The minimum atomic E-state index is -0.657. The zero-order valence-corrected chi connectivity index (χ0v) is 17.8. The van der Waals surface area contributed by atoms with Crippen molar-refractivity contribution < 1.29 is 19.0 Å². The number of benzene rings is 3. The third-order valence-electron chi connectivity index (χ3n) is 4.67. The smallest absolute Gasteiger partial charge is 0.123 e. The Balaban J connectivity index is 1.52. The maximum absolute atomic E-state index is 12.9. The Kier molecular flexibility index (Phi) is 7.69. The van der Waals surface area contributed by atoms with E-state index in [-0.39, 0.29) is 12.4 Å². The van der Waals surface area contributed by atoms with Gasteiger partial charge in [-0.25, -0.2) is 4.39 Å². The summed E-state index contributed by atoms with van der Waals surface area (Å²) in [5.74, 6) is 0.974. The zero-order chi connectivity index (χ0) is 21.5. The molecule has 1 N–H and O–H groups in total. The van der Waals surface area contributed by atoms with E-state index in [2.05, 4.69) is 0 Å². The van der Waals surface area contributed by atoms with E-state index in [1.54, 1.807) is 19.2 Å². The van der Waals surface area contributed by atoms with Crippen LogP contribution >= 0.6 is 11.6 Å². The van der Waals surface area contributed by atoms with Gasteiger partial charge in [-0.05, 0) is 60.6 Å². The molecule has 3 aromatic rings. The van der Waals surface area contributed by atoms with E-state index in [1.807, 2.05) is 54.4 Å². The highest BCUT2D eigenvalue weighted by atomic mass is 35.5. The predicted octanol–water partition coefficient (Wildman–Crippen LogP) is 5.03. The van der Waals surface area contributed by atoms with Crippen molar-refractivity contribution in [1.29, 1.82) is 0 Å². The van der Waals surface area contributed by atoms with Crippen LogP contribution in [0.5, 0.6) is 11.5 Å². The summed E-state index contributed by atoms with van der Waals surface area (Å²) in [5.41, 5.74) is 3.05. The third kappa shape index (κ3) is 6.20. The Morgan fingerprint density at radius 2 is 1.67 bits per heavy atom. The van der Waals surface area contributed by atoms with E-state index < -0.39 is 6.10 Å². The Morgan fingerprint density at radius 3 is 2.33 bits per heavy atom. The van der Waals surface area contributed by atoms with Gasteiger partial charge >= 0.3 is 0 Å². The van der Waals surface area contributed by atoms with E-state index in [0.29, 0.717) is 23.9 Å². The minimum absolute atomic E-state index is 0.142. The molecule has 0 saturated heterocycles. The Bertz CT molecular complexity index is 948. The number of aliphatic hydroxyl groups excluding tert-OH is 1. The number of likely N-dealkylation sites (N-methyl/N-ethyl adjacent to an activating group) is 1. The lowest BCUT2D eigenvalue weighted by molar-refractivity contribution is 0.0743. The number of halogens is 2. The fourth-order valence-electron chi connectivity index (χ4n) is 3.15. The van der Waals surface area contributed by atoms with Gasteiger partial charge in [0.05, 0.1) is 7.11 Å². The average molecular weight is 430 g/mol. The number of hydrogen-bond donors (Lipinski definition) is 1. The van der Waals surface area contributed by atoms with Crippen LogP contribution in [0.1, 0.15) is 5.56 Å². The zero-order valence-electron chi connectivity index (χ0n) is 17.0. The first-order chi connectivity index (χ1) is 14.4. The SMILES string of the molecule is COc1ccc(Cl)c(-c2ccc(CN(C)CC(O)COc3ccc(F)cc3)cc2)c1. The van der Waals surface area contributed by atoms with Crippen LogP contribution < -0.4 is 9.47 Å². The number of ether oxygens (including phenoxy) is 2. The van der Waals surface area contributed by atoms with E-state index in [0.717, 1.165) is 22.4 Å². The van der Waals surface area contributed by atoms with E-state index in [1.165, 1.54) is 12.1 Å². The number of hydrogen-bond acceptors (Lipinski definition) is 4. The summed E-state index contributed by atoms with van der Waals surface area (Å²) < 4.78 is 23.7. The van der Waals surface area contributed by atoms with E-state index in [4.69, 9.17) is 21.1 Å². The topological polar surface area (TPSA) is 41.9 Å². The fourth-order valence-corrected chi connectivity index (χ4v) is 3.38. The second-order valence-corrected chi connectivity index (χ2v) is 7.57. The van der Waals surface area contributed by atoms with E-state index in [9.17, 15) is 9.50 Å². The minimum Gasteiger partial charge on any atom is -0.497 e.